The van der Waals surface area contributed by atoms with Crippen molar-refractivity contribution >= 4 is 56.4 Å². The smallest absolute Gasteiger partial charge is 0.322 e. The molecule has 0 rings (SSSR count). The van der Waals surface area contributed by atoms with Crippen molar-refractivity contribution in [1.82, 2.24) is 0 Å². The Bertz CT molecular complexity index is 566. The third-order valence-electron chi connectivity index (χ3n) is 0. The van der Waals surface area contributed by atoms with Gasteiger partial charge >= 0.3 is 45.6 Å². The molecule has 0 aromatic rings. The molecule has 0 atom stereocenters. The molecule has 34 heavy (non-hydrogen) atoms. The first-order valence-electron chi connectivity index (χ1n) is 7.16. The Morgan fingerprint density at radius 2 is 0.353 bits per heavy atom. The molecule has 0 aliphatic carbocycles. The predicted molar refractivity (Wildman–Crippen MR) is 128 cm³/mol. The third kappa shape index (κ3) is 30800. The quantitative estimate of drug-likeness (QED) is 0.136. The molecular formula is C8H36O19P6S. The van der Waals surface area contributed by atoms with Crippen LogP contribution in [0.2, 0.25) is 0 Å². The molecule has 12 N–H and O–H groups in total. The van der Waals surface area contributed by atoms with E-state index in [-0.39, 0.29) is 0 Å². The number of hydrogen-bond donors (Lipinski definition) is 12. The van der Waals surface area contributed by atoms with Gasteiger partial charge in [0.15, 0.2) is 0 Å². The second kappa shape index (κ2) is 23.2. The molecule has 0 unspecified atom stereocenters. The van der Waals surface area contributed by atoms with Crippen LogP contribution in [0.25, 0.3) is 0 Å². The van der Waals surface area contributed by atoms with Crippen LogP contribution in [0.5, 0.6) is 0 Å². The summed E-state index contributed by atoms with van der Waals surface area (Å²) in [6.07, 6.45) is 3.28. The van der Waals surface area contributed by atoms with E-state index in [1.165, 1.54) is 0 Å². The van der Waals surface area contributed by atoms with Crippen LogP contribution in [-0.2, 0) is 38.2 Å². The second-order valence-corrected chi connectivity index (χ2v) is 17.3. The normalized spacial score (nSPS) is 11.4. The maximum atomic E-state index is 9.56. The lowest BCUT2D eigenvalue weighted by molar-refractivity contribution is 0.379. The first kappa shape index (κ1) is 51.6. The molecular weight excluding hydrogens is 618 g/mol. The Balaban J connectivity index is -0.0000000501. The minimum atomic E-state index is -3.64. The third-order valence-corrected chi connectivity index (χ3v) is 0. The molecule has 0 radical (unpaired) electrons. The molecule has 0 spiro atoms. The topological polar surface area (TPSA) is 362 Å². The first-order chi connectivity index (χ1) is 13.7. The molecule has 0 aromatic carbocycles. The Morgan fingerprint density at radius 3 is 0.353 bits per heavy atom. The minimum Gasteiger partial charge on any atom is -0.325 e. The lowest BCUT2D eigenvalue weighted by atomic mass is 11.9. The summed E-state index contributed by atoms with van der Waals surface area (Å²) in [4.78, 5) is 91.6. The zero-order chi connectivity index (χ0) is 30.6. The predicted octanol–water partition coefficient (Wildman–Crippen LogP) is -1.24. The van der Waals surface area contributed by atoms with Crippen molar-refractivity contribution in [3.05, 3.63) is 0 Å². The van der Waals surface area contributed by atoms with E-state index in [1.54, 1.807) is 12.5 Å². The summed E-state index contributed by atoms with van der Waals surface area (Å²) in [6.45, 7) is 5.13. The Morgan fingerprint density at radius 1 is 0.353 bits per heavy atom. The van der Waals surface area contributed by atoms with Crippen molar-refractivity contribution in [3.63, 3.8) is 0 Å². The van der Waals surface area contributed by atoms with Gasteiger partial charge in [0.05, 0.1) is 0 Å². The molecule has 0 heterocycles. The summed E-state index contributed by atoms with van der Waals surface area (Å²) in [5.41, 5.74) is 0. The van der Waals surface area contributed by atoms with Crippen LogP contribution in [-0.4, -0.2) is 115 Å². The average Bonchev–Trinajstić information content (AvgIpc) is 2.08. The molecule has 0 amide bonds. The standard InChI is InChI=1S/C2H6OS.6CH5O3P/c1-4(2)3;6*1-5(2,3)4/h1-2H3;6*1H3,(H2,2,3,4). The van der Waals surface area contributed by atoms with Crippen LogP contribution in [0.1, 0.15) is 0 Å². The first-order valence-corrected chi connectivity index (χ1v) is 21.5. The van der Waals surface area contributed by atoms with Gasteiger partial charge in [0.25, 0.3) is 0 Å². The van der Waals surface area contributed by atoms with Crippen molar-refractivity contribution in [2.24, 2.45) is 0 Å². The number of rotatable bonds is 0. The fraction of sp³-hybridized carbons (Fsp3) is 1.00. The van der Waals surface area contributed by atoms with Crippen LogP contribution >= 0.6 is 45.6 Å². The molecule has 218 valence electrons. The van der Waals surface area contributed by atoms with Crippen LogP contribution in [0.15, 0.2) is 0 Å². The maximum Gasteiger partial charge on any atom is 0.322 e. The Kier molecular flexibility index (Phi) is 35.2. The summed E-state index contributed by atoms with van der Waals surface area (Å²) in [6, 6.07) is 0. The van der Waals surface area contributed by atoms with Crippen LogP contribution in [0, 0.1) is 0 Å². The average molecular weight is 654 g/mol. The largest absolute Gasteiger partial charge is 0.325 e. The summed E-state index contributed by atoms with van der Waals surface area (Å²) < 4.78 is 65.5. The Labute approximate surface area is 199 Å². The fourth-order valence-corrected chi connectivity index (χ4v) is 0. The zero-order valence-corrected chi connectivity index (χ0v) is 25.5. The lowest BCUT2D eigenvalue weighted by Crippen LogP contribution is -1.70. The van der Waals surface area contributed by atoms with Crippen molar-refractivity contribution in [2.45, 2.75) is 0 Å². The van der Waals surface area contributed by atoms with E-state index >= 15 is 0 Å². The van der Waals surface area contributed by atoms with Gasteiger partial charge < -0.3 is 58.7 Å². The molecule has 26 heteroatoms. The molecule has 0 aliphatic heterocycles. The van der Waals surface area contributed by atoms with E-state index in [9.17, 15) is 31.6 Å². The van der Waals surface area contributed by atoms with Gasteiger partial charge in [0.2, 0.25) is 0 Å². The maximum absolute atomic E-state index is 9.56. The van der Waals surface area contributed by atoms with Crippen molar-refractivity contribution in [2.75, 3.05) is 52.5 Å². The van der Waals surface area contributed by atoms with Gasteiger partial charge in [-0.25, -0.2) is 0 Å². The van der Waals surface area contributed by atoms with Crippen LogP contribution < -0.4 is 0 Å². The SMILES string of the molecule is CP(=O)(O)O.CP(=O)(O)O.CP(=O)(O)O.CP(=O)(O)O.CP(=O)(O)O.CP(=O)(O)O.CS(C)=O. The summed E-state index contributed by atoms with van der Waals surface area (Å²) in [7, 11) is -22.4. The van der Waals surface area contributed by atoms with E-state index in [0.717, 1.165) is 40.0 Å². The fourth-order valence-electron chi connectivity index (χ4n) is 0. The monoisotopic (exact) mass is 654 g/mol. The van der Waals surface area contributed by atoms with Gasteiger partial charge in [-0.1, -0.05) is 0 Å². The highest BCUT2D eigenvalue weighted by Crippen LogP contribution is 2.28. The van der Waals surface area contributed by atoms with Gasteiger partial charge in [0, 0.05) is 63.3 Å². The molecule has 0 aromatic heterocycles. The highest BCUT2D eigenvalue weighted by atomic mass is 32.2. The van der Waals surface area contributed by atoms with Crippen molar-refractivity contribution < 1.29 is 90.3 Å². The van der Waals surface area contributed by atoms with Gasteiger partial charge in [-0.2, -0.15) is 0 Å². The molecule has 19 nitrogen and oxygen atoms in total. The second-order valence-electron chi connectivity index (χ2n) is 5.75. The summed E-state index contributed by atoms with van der Waals surface area (Å²) in [5.74, 6) is 0. The molecule has 0 bridgehead atoms. The van der Waals surface area contributed by atoms with E-state index < -0.39 is 56.4 Å². The molecule has 0 saturated heterocycles. The van der Waals surface area contributed by atoms with E-state index in [0.29, 0.717) is 0 Å². The van der Waals surface area contributed by atoms with E-state index in [1.807, 2.05) is 0 Å². The van der Waals surface area contributed by atoms with Gasteiger partial charge in [-0.3, -0.25) is 31.6 Å². The van der Waals surface area contributed by atoms with Crippen molar-refractivity contribution in [3.8, 4) is 0 Å². The highest BCUT2D eigenvalue weighted by Gasteiger charge is 1.97. The van der Waals surface area contributed by atoms with Gasteiger partial charge in [0.1, 0.15) is 0 Å². The summed E-state index contributed by atoms with van der Waals surface area (Å²) in [5, 5.41) is 0. The molecule has 0 aliphatic rings. The van der Waals surface area contributed by atoms with Gasteiger partial charge in [-0.15, -0.1) is 0 Å². The zero-order valence-electron chi connectivity index (χ0n) is 19.3. The van der Waals surface area contributed by atoms with Crippen molar-refractivity contribution in [1.29, 1.82) is 0 Å². The van der Waals surface area contributed by atoms with Crippen LogP contribution in [0.4, 0.5) is 0 Å². The van der Waals surface area contributed by atoms with Gasteiger partial charge in [-0.05, 0) is 0 Å². The molecule has 0 saturated carbocycles. The number of hydrogen-bond acceptors (Lipinski definition) is 7. The molecule has 0 fully saturated rings. The van der Waals surface area contributed by atoms with E-state index in [2.05, 4.69) is 0 Å². The summed E-state index contributed by atoms with van der Waals surface area (Å²) >= 11 is 0. The van der Waals surface area contributed by atoms with Crippen LogP contribution in [0.3, 0.4) is 0 Å². The Hall–Kier alpha value is 1.05. The van der Waals surface area contributed by atoms with E-state index in [4.69, 9.17) is 58.7 Å². The minimum absolute atomic E-state index is 0.611. The lowest BCUT2D eigenvalue weighted by Gasteiger charge is -1.84. The highest BCUT2D eigenvalue weighted by molar-refractivity contribution is 7.83.